The molecular formula is C9H18FN. The molecule has 0 aliphatic heterocycles. The van der Waals surface area contributed by atoms with Crippen LogP contribution in [0.2, 0.25) is 0 Å². The Bertz CT molecular complexity index is 127. The molecule has 11 heavy (non-hydrogen) atoms. The number of halogens is 1. The molecule has 1 fully saturated rings. The van der Waals surface area contributed by atoms with E-state index in [2.05, 4.69) is 6.92 Å². The second-order valence-electron chi connectivity index (χ2n) is 3.80. The minimum atomic E-state index is -0.207. The second kappa shape index (κ2) is 3.53. The third-order valence-electron chi connectivity index (χ3n) is 3.36. The fraction of sp³-hybridized carbons (Fsp3) is 1.00. The van der Waals surface area contributed by atoms with Gasteiger partial charge in [-0.05, 0) is 30.7 Å². The van der Waals surface area contributed by atoms with Crippen molar-refractivity contribution in [2.45, 2.75) is 32.6 Å². The Hall–Kier alpha value is -0.110. The molecule has 0 amide bonds. The van der Waals surface area contributed by atoms with Crippen LogP contribution in [0.5, 0.6) is 0 Å². The van der Waals surface area contributed by atoms with Gasteiger partial charge in [0.1, 0.15) is 0 Å². The monoisotopic (exact) mass is 159 g/mol. The van der Waals surface area contributed by atoms with Crippen LogP contribution < -0.4 is 5.73 Å². The maximum atomic E-state index is 12.2. The van der Waals surface area contributed by atoms with Crippen LogP contribution in [-0.2, 0) is 0 Å². The molecule has 1 rings (SSSR count). The molecule has 1 aliphatic carbocycles. The normalized spacial score (nSPS) is 37.9. The van der Waals surface area contributed by atoms with Crippen molar-refractivity contribution >= 4 is 0 Å². The molecule has 0 aromatic heterocycles. The standard InChI is InChI=1S/C9H18FN/c1-8-3-2-4-9(8,7-11)5-6-10/h8H,2-7,11H2,1H3. The highest BCUT2D eigenvalue weighted by atomic mass is 19.1. The van der Waals surface area contributed by atoms with Crippen molar-refractivity contribution in [2.24, 2.45) is 17.1 Å². The average Bonchev–Trinajstić information content (AvgIpc) is 2.35. The van der Waals surface area contributed by atoms with E-state index in [4.69, 9.17) is 5.73 Å². The number of hydrogen-bond acceptors (Lipinski definition) is 1. The Morgan fingerprint density at radius 1 is 1.64 bits per heavy atom. The molecular weight excluding hydrogens is 141 g/mol. The van der Waals surface area contributed by atoms with E-state index in [9.17, 15) is 4.39 Å². The van der Waals surface area contributed by atoms with Gasteiger partial charge in [0, 0.05) is 0 Å². The number of nitrogens with two attached hydrogens (primary N) is 1. The van der Waals surface area contributed by atoms with E-state index in [1.165, 1.54) is 12.8 Å². The van der Waals surface area contributed by atoms with Gasteiger partial charge in [-0.3, -0.25) is 4.39 Å². The van der Waals surface area contributed by atoms with Gasteiger partial charge in [0.15, 0.2) is 0 Å². The Morgan fingerprint density at radius 2 is 2.36 bits per heavy atom. The summed E-state index contributed by atoms with van der Waals surface area (Å²) in [5, 5.41) is 0. The van der Waals surface area contributed by atoms with Crippen LogP contribution in [0.4, 0.5) is 4.39 Å². The van der Waals surface area contributed by atoms with E-state index in [0.717, 1.165) is 6.42 Å². The summed E-state index contributed by atoms with van der Waals surface area (Å²) in [6.45, 7) is 2.66. The summed E-state index contributed by atoms with van der Waals surface area (Å²) >= 11 is 0. The molecule has 0 aromatic rings. The van der Waals surface area contributed by atoms with E-state index < -0.39 is 0 Å². The lowest BCUT2D eigenvalue weighted by atomic mass is 9.76. The molecule has 0 spiro atoms. The molecule has 0 aromatic carbocycles. The van der Waals surface area contributed by atoms with Gasteiger partial charge in [-0.2, -0.15) is 0 Å². The zero-order valence-corrected chi connectivity index (χ0v) is 7.28. The van der Waals surface area contributed by atoms with Gasteiger partial charge >= 0.3 is 0 Å². The zero-order chi connectivity index (χ0) is 8.32. The lowest BCUT2D eigenvalue weighted by Crippen LogP contribution is -2.33. The Labute approximate surface area is 68.2 Å². The SMILES string of the molecule is CC1CCCC1(CN)CCF. The summed E-state index contributed by atoms with van der Waals surface area (Å²) in [5.41, 5.74) is 5.83. The van der Waals surface area contributed by atoms with Crippen LogP contribution in [0.1, 0.15) is 32.6 Å². The first-order valence-corrected chi connectivity index (χ1v) is 4.51. The van der Waals surface area contributed by atoms with Gasteiger partial charge in [0.2, 0.25) is 0 Å². The van der Waals surface area contributed by atoms with E-state index in [1.807, 2.05) is 0 Å². The Morgan fingerprint density at radius 3 is 2.73 bits per heavy atom. The molecule has 2 unspecified atom stereocenters. The third-order valence-corrected chi connectivity index (χ3v) is 3.36. The quantitative estimate of drug-likeness (QED) is 0.670. The Balaban J connectivity index is 2.57. The van der Waals surface area contributed by atoms with Crippen LogP contribution in [0.15, 0.2) is 0 Å². The summed E-state index contributed by atoms with van der Waals surface area (Å²) in [6.07, 6.45) is 4.27. The highest BCUT2D eigenvalue weighted by molar-refractivity contribution is 4.90. The van der Waals surface area contributed by atoms with Gasteiger partial charge in [-0.25, -0.2) is 0 Å². The summed E-state index contributed by atoms with van der Waals surface area (Å²) < 4.78 is 12.2. The molecule has 0 saturated heterocycles. The highest BCUT2D eigenvalue weighted by Crippen LogP contribution is 2.44. The highest BCUT2D eigenvalue weighted by Gasteiger charge is 2.38. The van der Waals surface area contributed by atoms with Crippen LogP contribution in [0, 0.1) is 11.3 Å². The molecule has 0 heterocycles. The first-order valence-electron chi connectivity index (χ1n) is 4.51. The summed E-state index contributed by atoms with van der Waals surface area (Å²) in [5.74, 6) is 0.628. The van der Waals surface area contributed by atoms with Crippen LogP contribution in [0.3, 0.4) is 0 Å². The number of rotatable bonds is 3. The summed E-state index contributed by atoms with van der Waals surface area (Å²) in [6, 6.07) is 0. The van der Waals surface area contributed by atoms with Gasteiger partial charge in [-0.15, -0.1) is 0 Å². The van der Waals surface area contributed by atoms with Crippen molar-refractivity contribution < 1.29 is 4.39 Å². The molecule has 2 N–H and O–H groups in total. The van der Waals surface area contributed by atoms with Gasteiger partial charge in [0.05, 0.1) is 6.67 Å². The van der Waals surface area contributed by atoms with Crippen molar-refractivity contribution in [3.8, 4) is 0 Å². The molecule has 2 heteroatoms. The lowest BCUT2D eigenvalue weighted by molar-refractivity contribution is 0.185. The van der Waals surface area contributed by atoms with Crippen LogP contribution >= 0.6 is 0 Å². The zero-order valence-electron chi connectivity index (χ0n) is 7.28. The van der Waals surface area contributed by atoms with Crippen molar-refractivity contribution in [1.82, 2.24) is 0 Å². The van der Waals surface area contributed by atoms with Gasteiger partial charge < -0.3 is 5.73 Å². The molecule has 1 nitrogen and oxygen atoms in total. The maximum absolute atomic E-state index is 12.2. The van der Waals surface area contributed by atoms with Crippen molar-refractivity contribution in [1.29, 1.82) is 0 Å². The topological polar surface area (TPSA) is 26.0 Å². The van der Waals surface area contributed by atoms with Crippen molar-refractivity contribution in [2.75, 3.05) is 13.2 Å². The van der Waals surface area contributed by atoms with E-state index >= 15 is 0 Å². The first-order chi connectivity index (χ1) is 5.25. The predicted molar refractivity (Wildman–Crippen MR) is 45.1 cm³/mol. The predicted octanol–water partition coefficient (Wildman–Crippen LogP) is 2.11. The number of hydrogen-bond donors (Lipinski definition) is 1. The summed E-state index contributed by atoms with van der Waals surface area (Å²) in [4.78, 5) is 0. The first kappa shape index (κ1) is 8.98. The Kier molecular flexibility index (Phi) is 2.88. The fourth-order valence-corrected chi connectivity index (χ4v) is 2.28. The van der Waals surface area contributed by atoms with Gasteiger partial charge in [0.25, 0.3) is 0 Å². The fourth-order valence-electron chi connectivity index (χ4n) is 2.28. The second-order valence-corrected chi connectivity index (χ2v) is 3.80. The molecule has 66 valence electrons. The van der Waals surface area contributed by atoms with Crippen LogP contribution in [-0.4, -0.2) is 13.2 Å². The minimum absolute atomic E-state index is 0.148. The molecule has 0 radical (unpaired) electrons. The van der Waals surface area contributed by atoms with E-state index in [0.29, 0.717) is 18.9 Å². The van der Waals surface area contributed by atoms with E-state index in [-0.39, 0.29) is 12.1 Å². The third kappa shape index (κ3) is 1.56. The maximum Gasteiger partial charge on any atom is 0.0900 e. The van der Waals surface area contributed by atoms with Gasteiger partial charge in [-0.1, -0.05) is 19.8 Å². The lowest BCUT2D eigenvalue weighted by Gasteiger charge is -2.31. The molecule has 2 atom stereocenters. The molecule has 1 saturated carbocycles. The van der Waals surface area contributed by atoms with Crippen molar-refractivity contribution in [3.63, 3.8) is 0 Å². The number of alkyl halides is 1. The van der Waals surface area contributed by atoms with E-state index in [1.54, 1.807) is 0 Å². The molecule has 1 aliphatic rings. The largest absolute Gasteiger partial charge is 0.330 e. The average molecular weight is 159 g/mol. The summed E-state index contributed by atoms with van der Waals surface area (Å²) in [7, 11) is 0. The van der Waals surface area contributed by atoms with Crippen LogP contribution in [0.25, 0.3) is 0 Å². The minimum Gasteiger partial charge on any atom is -0.330 e. The molecule has 0 bridgehead atoms. The smallest absolute Gasteiger partial charge is 0.0900 e. The van der Waals surface area contributed by atoms with Crippen molar-refractivity contribution in [3.05, 3.63) is 0 Å².